The molecule has 0 bridgehead atoms. The number of likely N-dealkylation sites (tertiary alicyclic amines) is 1. The molecule has 2 saturated heterocycles. The van der Waals surface area contributed by atoms with E-state index in [4.69, 9.17) is 30.5 Å². The van der Waals surface area contributed by atoms with Gasteiger partial charge in [0.2, 0.25) is 0 Å². The monoisotopic (exact) mass is 485 g/mol. The van der Waals surface area contributed by atoms with Gasteiger partial charge >= 0.3 is 6.18 Å². The predicted octanol–water partition coefficient (Wildman–Crippen LogP) is 4.79. The molecule has 0 aliphatic carbocycles. The van der Waals surface area contributed by atoms with E-state index in [1.54, 1.807) is 11.0 Å². The minimum atomic E-state index is -4.32. The van der Waals surface area contributed by atoms with E-state index in [0.717, 1.165) is 5.56 Å². The van der Waals surface area contributed by atoms with Crippen LogP contribution in [-0.4, -0.2) is 56.7 Å². The Morgan fingerprint density at radius 2 is 2.06 bits per heavy atom. The van der Waals surface area contributed by atoms with Crippen molar-refractivity contribution in [1.29, 1.82) is 0 Å². The molecule has 0 unspecified atom stereocenters. The number of amides is 1. The molecule has 4 rings (SSSR count). The summed E-state index contributed by atoms with van der Waals surface area (Å²) in [5.41, 5.74) is 0.575. The first-order valence-corrected chi connectivity index (χ1v) is 10.8. The summed E-state index contributed by atoms with van der Waals surface area (Å²) in [6.45, 7) is 0.329. The highest BCUT2D eigenvalue weighted by Crippen LogP contribution is 2.43. The zero-order valence-corrected chi connectivity index (χ0v) is 18.6. The molecule has 0 spiro atoms. The number of ether oxygens (including phenoxy) is 4. The quantitative estimate of drug-likeness (QED) is 0.588. The van der Waals surface area contributed by atoms with Gasteiger partial charge in [-0.2, -0.15) is 13.2 Å². The lowest BCUT2D eigenvalue weighted by Crippen LogP contribution is -2.53. The van der Waals surface area contributed by atoms with Gasteiger partial charge < -0.3 is 23.8 Å². The van der Waals surface area contributed by atoms with Crippen LogP contribution in [-0.2, 0) is 15.1 Å². The number of carbonyl (C=O) groups is 1. The number of hydrogen-bond acceptors (Lipinski definition) is 5. The van der Waals surface area contributed by atoms with Gasteiger partial charge in [0.1, 0.15) is 18.5 Å². The third-order valence-electron chi connectivity index (χ3n) is 5.90. The van der Waals surface area contributed by atoms with E-state index in [0.29, 0.717) is 30.1 Å². The summed E-state index contributed by atoms with van der Waals surface area (Å²) >= 11 is 6.17. The highest BCUT2D eigenvalue weighted by atomic mass is 35.5. The number of piperidine rings is 1. The normalized spacial score (nSPS) is 22.7. The molecular weight excluding hydrogens is 463 g/mol. The molecule has 2 aromatic carbocycles. The Labute approximate surface area is 194 Å². The number of rotatable bonds is 6. The van der Waals surface area contributed by atoms with E-state index < -0.39 is 24.8 Å². The molecule has 1 amide bonds. The van der Waals surface area contributed by atoms with Crippen LogP contribution < -0.4 is 9.47 Å². The third kappa shape index (κ3) is 5.05. The predicted molar refractivity (Wildman–Crippen MR) is 114 cm³/mol. The van der Waals surface area contributed by atoms with Gasteiger partial charge in [-0.15, -0.1) is 0 Å². The summed E-state index contributed by atoms with van der Waals surface area (Å²) in [5, 5.41) is 0.597. The van der Waals surface area contributed by atoms with E-state index in [9.17, 15) is 18.0 Å². The first kappa shape index (κ1) is 23.7. The Kier molecular flexibility index (Phi) is 6.74. The van der Waals surface area contributed by atoms with Gasteiger partial charge in [-0.3, -0.25) is 4.79 Å². The van der Waals surface area contributed by atoms with Gasteiger partial charge in [-0.25, -0.2) is 0 Å². The Morgan fingerprint density at radius 1 is 1.24 bits per heavy atom. The fourth-order valence-electron chi connectivity index (χ4n) is 4.20. The Morgan fingerprint density at radius 3 is 2.79 bits per heavy atom. The number of nitrogens with zero attached hydrogens (tertiary/aromatic N) is 1. The van der Waals surface area contributed by atoms with Crippen molar-refractivity contribution < 1.29 is 36.9 Å². The van der Waals surface area contributed by atoms with Crippen LogP contribution in [0, 0.1) is 0 Å². The number of alkyl halides is 3. The van der Waals surface area contributed by atoms with E-state index in [1.807, 2.05) is 18.2 Å². The van der Waals surface area contributed by atoms with Crippen molar-refractivity contribution in [3.8, 4) is 11.5 Å². The first-order chi connectivity index (χ1) is 15.7. The van der Waals surface area contributed by atoms with Crippen LogP contribution in [0.15, 0.2) is 42.5 Å². The summed E-state index contributed by atoms with van der Waals surface area (Å²) in [4.78, 5) is 14.8. The van der Waals surface area contributed by atoms with E-state index in [-0.39, 0.29) is 30.3 Å². The SMILES string of the molecule is COc1cc(C(=O)N2CC[C@]3(c4cccc(Cl)c4)OCO[C@H]3C2)ccc1OCCC(F)(F)F. The van der Waals surface area contributed by atoms with Gasteiger partial charge in [0.15, 0.2) is 11.5 Å². The van der Waals surface area contributed by atoms with Gasteiger partial charge in [0.05, 0.1) is 26.7 Å². The molecule has 2 aliphatic rings. The smallest absolute Gasteiger partial charge is 0.392 e. The molecular formula is C23H23ClF3NO5. The highest BCUT2D eigenvalue weighted by molar-refractivity contribution is 6.30. The van der Waals surface area contributed by atoms with Crippen molar-refractivity contribution in [2.45, 2.75) is 30.7 Å². The molecule has 0 radical (unpaired) electrons. The molecule has 0 saturated carbocycles. The van der Waals surface area contributed by atoms with Crippen LogP contribution in [0.4, 0.5) is 13.2 Å². The summed E-state index contributed by atoms with van der Waals surface area (Å²) in [6.07, 6.45) is -5.23. The number of methoxy groups -OCH3 is 1. The maximum atomic E-state index is 13.2. The van der Waals surface area contributed by atoms with Crippen LogP contribution in [0.1, 0.15) is 28.8 Å². The standard InChI is InChI=1S/C23H23ClF3NO5/c1-30-19-11-15(5-6-18(19)31-10-8-23(25,26)27)21(29)28-9-7-22(20(13-28)32-14-33-22)16-3-2-4-17(24)12-16/h2-6,11-12,20H,7-10,13-14H2,1H3/t20-,22+/m0/s1. The molecule has 0 N–H and O–H groups in total. The number of fused-ring (bicyclic) bond motifs is 1. The van der Waals surface area contributed by atoms with Crippen molar-refractivity contribution >= 4 is 17.5 Å². The Bertz CT molecular complexity index is 1020. The number of benzene rings is 2. The summed E-state index contributed by atoms with van der Waals surface area (Å²) < 4.78 is 59.4. The largest absolute Gasteiger partial charge is 0.493 e. The van der Waals surface area contributed by atoms with Crippen LogP contribution in [0.2, 0.25) is 5.02 Å². The van der Waals surface area contributed by atoms with Crippen molar-refractivity contribution in [2.75, 3.05) is 33.6 Å². The molecule has 2 fully saturated rings. The van der Waals surface area contributed by atoms with Crippen molar-refractivity contribution in [1.82, 2.24) is 4.90 Å². The van der Waals surface area contributed by atoms with Gasteiger partial charge in [-0.1, -0.05) is 23.7 Å². The first-order valence-electron chi connectivity index (χ1n) is 10.4. The maximum Gasteiger partial charge on any atom is 0.392 e. The van der Waals surface area contributed by atoms with E-state index in [2.05, 4.69) is 0 Å². The van der Waals surface area contributed by atoms with Crippen molar-refractivity contribution in [2.24, 2.45) is 0 Å². The number of halogens is 4. The van der Waals surface area contributed by atoms with Crippen LogP contribution in [0.3, 0.4) is 0 Å². The second kappa shape index (κ2) is 9.40. The average Bonchev–Trinajstić information content (AvgIpc) is 3.22. The molecule has 2 aromatic rings. The maximum absolute atomic E-state index is 13.2. The lowest BCUT2D eigenvalue weighted by molar-refractivity contribution is -0.139. The van der Waals surface area contributed by atoms with Crippen LogP contribution >= 0.6 is 11.6 Å². The molecule has 0 aromatic heterocycles. The van der Waals surface area contributed by atoms with E-state index in [1.165, 1.54) is 25.3 Å². The summed E-state index contributed by atoms with van der Waals surface area (Å²) in [6, 6.07) is 11.9. The minimum Gasteiger partial charge on any atom is -0.493 e. The van der Waals surface area contributed by atoms with Crippen molar-refractivity contribution in [3.63, 3.8) is 0 Å². The lowest BCUT2D eigenvalue weighted by Gasteiger charge is -2.42. The van der Waals surface area contributed by atoms with Gasteiger partial charge in [-0.05, 0) is 35.9 Å². The molecule has 2 atom stereocenters. The fraction of sp³-hybridized carbons (Fsp3) is 0.435. The van der Waals surface area contributed by atoms with E-state index >= 15 is 0 Å². The van der Waals surface area contributed by atoms with Crippen LogP contribution in [0.5, 0.6) is 11.5 Å². The molecule has 10 heteroatoms. The molecule has 2 heterocycles. The minimum absolute atomic E-state index is 0.122. The highest BCUT2D eigenvalue weighted by Gasteiger charge is 2.51. The topological polar surface area (TPSA) is 57.2 Å². The average molecular weight is 486 g/mol. The second-order valence-electron chi connectivity index (χ2n) is 7.90. The third-order valence-corrected chi connectivity index (χ3v) is 6.13. The van der Waals surface area contributed by atoms with Crippen molar-refractivity contribution in [3.05, 3.63) is 58.6 Å². The second-order valence-corrected chi connectivity index (χ2v) is 8.33. The number of carbonyl (C=O) groups excluding carboxylic acids is 1. The lowest BCUT2D eigenvalue weighted by atomic mass is 9.82. The van der Waals surface area contributed by atoms with Crippen LogP contribution in [0.25, 0.3) is 0 Å². The zero-order chi connectivity index (χ0) is 23.6. The Balaban J connectivity index is 1.47. The molecule has 33 heavy (non-hydrogen) atoms. The number of hydrogen-bond donors (Lipinski definition) is 0. The van der Waals surface area contributed by atoms with Gasteiger partial charge in [0.25, 0.3) is 5.91 Å². The zero-order valence-electron chi connectivity index (χ0n) is 17.9. The summed E-state index contributed by atoms with van der Waals surface area (Å²) in [5.74, 6) is 0.0866. The molecule has 6 nitrogen and oxygen atoms in total. The van der Waals surface area contributed by atoms with Gasteiger partial charge in [0, 0.05) is 23.6 Å². The molecule has 178 valence electrons. The fourth-order valence-corrected chi connectivity index (χ4v) is 4.39. The summed E-state index contributed by atoms with van der Waals surface area (Å²) in [7, 11) is 1.37. The molecule has 2 aliphatic heterocycles. The Hall–Kier alpha value is -2.49.